The molecule has 6 nitrogen and oxygen atoms in total. The maximum absolute atomic E-state index is 12.9. The van der Waals surface area contributed by atoms with Crippen molar-refractivity contribution in [3.63, 3.8) is 0 Å². The minimum Gasteiger partial charge on any atom is -0.318 e. The van der Waals surface area contributed by atoms with Crippen LogP contribution in [0, 0.1) is 0 Å². The summed E-state index contributed by atoms with van der Waals surface area (Å²) in [7, 11) is -3.36. The number of hydrogen-bond donors (Lipinski definition) is 1. The van der Waals surface area contributed by atoms with E-state index >= 15 is 0 Å². The fourth-order valence-corrected chi connectivity index (χ4v) is 6.01. The summed E-state index contributed by atoms with van der Waals surface area (Å²) >= 11 is 0. The lowest BCUT2D eigenvalue weighted by Gasteiger charge is -2.38. The van der Waals surface area contributed by atoms with Crippen LogP contribution in [0.1, 0.15) is 25.7 Å². The van der Waals surface area contributed by atoms with Crippen LogP contribution in [0.3, 0.4) is 0 Å². The van der Waals surface area contributed by atoms with Crippen LogP contribution in [-0.2, 0) is 9.84 Å². The number of carbonyl (C=O) groups is 1. The van der Waals surface area contributed by atoms with E-state index in [1.807, 2.05) is 11.0 Å². The maximum Gasteiger partial charge on any atom is 0.322 e. The van der Waals surface area contributed by atoms with Crippen molar-refractivity contribution in [2.75, 3.05) is 5.32 Å². The van der Waals surface area contributed by atoms with Gasteiger partial charge < -0.3 is 10.2 Å². The van der Waals surface area contributed by atoms with Crippen LogP contribution in [0.2, 0.25) is 0 Å². The van der Waals surface area contributed by atoms with Crippen LogP contribution in [-0.4, -0.2) is 41.7 Å². The van der Waals surface area contributed by atoms with E-state index in [9.17, 15) is 13.2 Å². The molecule has 1 unspecified atom stereocenters. The van der Waals surface area contributed by atoms with E-state index in [0.29, 0.717) is 23.4 Å². The maximum atomic E-state index is 12.9. The number of anilines is 1. The van der Waals surface area contributed by atoms with Gasteiger partial charge in [-0.15, -0.1) is 0 Å². The molecule has 2 bridgehead atoms. The Morgan fingerprint density at radius 1 is 1.00 bits per heavy atom. The van der Waals surface area contributed by atoms with E-state index in [0.717, 1.165) is 12.8 Å². The number of aromatic nitrogens is 1. The van der Waals surface area contributed by atoms with Crippen molar-refractivity contribution >= 4 is 21.6 Å². The number of nitrogens with zero attached hydrogens (tertiary/aromatic N) is 2. The number of nitrogens with one attached hydrogen (secondary N) is 1. The first-order chi connectivity index (χ1) is 12.6. The first kappa shape index (κ1) is 17.0. The monoisotopic (exact) mass is 371 g/mol. The molecule has 3 heterocycles. The molecule has 2 aliphatic rings. The normalized spacial score (nSPS) is 25.1. The summed E-state index contributed by atoms with van der Waals surface area (Å²) in [6, 6.07) is 11.9. The van der Waals surface area contributed by atoms with Gasteiger partial charge in [0.2, 0.25) is 0 Å². The smallest absolute Gasteiger partial charge is 0.318 e. The van der Waals surface area contributed by atoms with Crippen molar-refractivity contribution in [1.82, 2.24) is 9.88 Å². The summed E-state index contributed by atoms with van der Waals surface area (Å²) in [6.07, 6.45) is 5.96. The van der Waals surface area contributed by atoms with Gasteiger partial charge in [-0.1, -0.05) is 18.2 Å². The van der Waals surface area contributed by atoms with Gasteiger partial charge in [-0.3, -0.25) is 4.98 Å². The number of hydrogen-bond acceptors (Lipinski definition) is 4. The SMILES string of the molecule is O=C(Nc1ccncc1)N1[C@@H]2CC[C@H]1CC(S(=O)(=O)c1ccccc1)C2. The van der Waals surface area contributed by atoms with Crippen LogP contribution in [0.5, 0.6) is 0 Å². The predicted octanol–water partition coefficient (Wildman–Crippen LogP) is 3.08. The Kier molecular flexibility index (Phi) is 4.40. The molecule has 2 aliphatic heterocycles. The molecular formula is C19H21N3O3S. The lowest BCUT2D eigenvalue weighted by molar-refractivity contribution is 0.160. The Bertz CT molecular complexity index is 873. The third-order valence-corrected chi connectivity index (χ3v) is 7.56. The number of fused-ring (bicyclic) bond motifs is 2. The molecular weight excluding hydrogens is 350 g/mol. The molecule has 1 N–H and O–H groups in total. The van der Waals surface area contributed by atoms with Crippen LogP contribution >= 0.6 is 0 Å². The number of amides is 2. The number of pyridine rings is 1. The molecule has 136 valence electrons. The van der Waals surface area contributed by atoms with Crippen LogP contribution < -0.4 is 5.32 Å². The standard InChI is InChI=1S/C19H21N3O3S/c23-19(21-14-8-10-20-11-9-14)22-15-6-7-16(22)13-18(12-15)26(24,25)17-4-2-1-3-5-17/h1-5,8-11,15-16,18H,6-7,12-13H2,(H,20,21,23)/t15-,16+,18?. The molecule has 0 spiro atoms. The van der Waals surface area contributed by atoms with Gasteiger partial charge in [0.25, 0.3) is 0 Å². The summed E-state index contributed by atoms with van der Waals surface area (Å²) in [6.45, 7) is 0. The summed E-state index contributed by atoms with van der Waals surface area (Å²) in [5.41, 5.74) is 0.698. The van der Waals surface area contributed by atoms with E-state index in [-0.39, 0.29) is 18.1 Å². The van der Waals surface area contributed by atoms with Gasteiger partial charge >= 0.3 is 6.03 Å². The fraction of sp³-hybridized carbons (Fsp3) is 0.368. The molecule has 0 radical (unpaired) electrons. The molecule has 2 fully saturated rings. The third-order valence-electron chi connectivity index (χ3n) is 5.37. The minimum absolute atomic E-state index is 0.0286. The van der Waals surface area contributed by atoms with E-state index in [4.69, 9.17) is 0 Å². The number of benzene rings is 1. The van der Waals surface area contributed by atoms with Gasteiger partial charge in [-0.25, -0.2) is 13.2 Å². The lowest BCUT2D eigenvalue weighted by Crippen LogP contribution is -2.51. The van der Waals surface area contributed by atoms with Crippen LogP contribution in [0.25, 0.3) is 0 Å². The first-order valence-corrected chi connectivity index (χ1v) is 10.4. The number of piperidine rings is 1. The highest BCUT2D eigenvalue weighted by atomic mass is 32.2. The van der Waals surface area contributed by atoms with Gasteiger partial charge in [0.15, 0.2) is 9.84 Å². The molecule has 26 heavy (non-hydrogen) atoms. The largest absolute Gasteiger partial charge is 0.322 e. The van der Waals surface area contributed by atoms with Crippen molar-refractivity contribution in [2.24, 2.45) is 0 Å². The summed E-state index contributed by atoms with van der Waals surface area (Å²) < 4.78 is 25.9. The second kappa shape index (κ2) is 6.72. The van der Waals surface area contributed by atoms with Crippen molar-refractivity contribution in [3.05, 3.63) is 54.9 Å². The second-order valence-corrected chi connectivity index (χ2v) is 9.14. The first-order valence-electron chi connectivity index (χ1n) is 8.84. The van der Waals surface area contributed by atoms with Gasteiger partial charge in [0.1, 0.15) is 0 Å². The van der Waals surface area contributed by atoms with Gasteiger partial charge in [0.05, 0.1) is 10.1 Å². The fourth-order valence-electron chi connectivity index (χ4n) is 4.14. The molecule has 4 rings (SSSR count). The Morgan fingerprint density at radius 3 is 2.23 bits per heavy atom. The molecule has 2 aromatic rings. The second-order valence-electron chi connectivity index (χ2n) is 6.91. The Hall–Kier alpha value is -2.41. The van der Waals surface area contributed by atoms with Crippen molar-refractivity contribution in [3.8, 4) is 0 Å². The Morgan fingerprint density at radius 2 is 1.62 bits per heavy atom. The Labute approximate surface area is 153 Å². The number of sulfone groups is 1. The third kappa shape index (κ3) is 3.07. The molecule has 1 aromatic carbocycles. The summed E-state index contributed by atoms with van der Waals surface area (Å²) in [5.74, 6) is 0. The highest BCUT2D eigenvalue weighted by Crippen LogP contribution is 2.40. The number of urea groups is 1. The van der Waals surface area contributed by atoms with Crippen molar-refractivity contribution in [2.45, 2.75) is 47.9 Å². The van der Waals surface area contributed by atoms with Crippen molar-refractivity contribution < 1.29 is 13.2 Å². The number of rotatable bonds is 3. The Balaban J connectivity index is 1.50. The molecule has 2 saturated heterocycles. The molecule has 0 saturated carbocycles. The quantitative estimate of drug-likeness (QED) is 0.899. The molecule has 3 atom stereocenters. The van der Waals surface area contributed by atoms with Crippen molar-refractivity contribution in [1.29, 1.82) is 0 Å². The van der Waals surface area contributed by atoms with Gasteiger partial charge in [-0.2, -0.15) is 0 Å². The van der Waals surface area contributed by atoms with E-state index < -0.39 is 15.1 Å². The summed E-state index contributed by atoms with van der Waals surface area (Å²) in [5, 5.41) is 2.47. The van der Waals surface area contributed by atoms with Gasteiger partial charge in [-0.05, 0) is 49.9 Å². The zero-order valence-corrected chi connectivity index (χ0v) is 15.1. The highest BCUT2D eigenvalue weighted by molar-refractivity contribution is 7.92. The van der Waals surface area contributed by atoms with Crippen LogP contribution in [0.4, 0.5) is 10.5 Å². The molecule has 7 heteroatoms. The summed E-state index contributed by atoms with van der Waals surface area (Å²) in [4.78, 5) is 18.9. The van der Waals surface area contributed by atoms with Crippen LogP contribution in [0.15, 0.2) is 59.8 Å². The lowest BCUT2D eigenvalue weighted by atomic mass is 10.0. The predicted molar refractivity (Wildman–Crippen MR) is 98.6 cm³/mol. The minimum atomic E-state index is -3.36. The van der Waals surface area contributed by atoms with Gasteiger partial charge in [0, 0.05) is 30.2 Å². The van der Waals surface area contributed by atoms with E-state index in [2.05, 4.69) is 10.3 Å². The molecule has 0 aliphatic carbocycles. The zero-order chi connectivity index (χ0) is 18.1. The molecule has 2 amide bonds. The van der Waals surface area contributed by atoms with E-state index in [1.54, 1.807) is 48.8 Å². The average Bonchev–Trinajstić information content (AvgIpc) is 2.93. The van der Waals surface area contributed by atoms with E-state index in [1.165, 1.54) is 0 Å². The molecule has 1 aromatic heterocycles. The average molecular weight is 371 g/mol. The highest BCUT2D eigenvalue weighted by Gasteiger charge is 2.47. The topological polar surface area (TPSA) is 79.4 Å². The number of carbonyl (C=O) groups excluding carboxylic acids is 1. The zero-order valence-electron chi connectivity index (χ0n) is 14.3.